The maximum Gasteiger partial charge on any atom is 0.258 e. The Labute approximate surface area is 251 Å². The standard InChI is InChI=1S/C32H37ClN8O/c1-7-19(2)41-17-27(38-39-41)30(23-9-8-10-24-22(23)11-12-40(6)31(24)42)37-21-13-25-28(36-18-32(3,4)5)20(15-34)16-35-29(25)26(33)14-21/h8-14,16-17,19,30,37-39H,7,18H2,1-6H3,(H,35,36)/t19?,30-/m0/s1. The molecule has 1 aliphatic heterocycles. The molecule has 0 saturated carbocycles. The van der Waals surface area contributed by atoms with E-state index in [-0.39, 0.29) is 23.1 Å². The number of anilines is 2. The summed E-state index contributed by atoms with van der Waals surface area (Å²) in [5.41, 5.74) is 10.9. The van der Waals surface area contributed by atoms with E-state index in [4.69, 9.17) is 11.6 Å². The van der Waals surface area contributed by atoms with Crippen LogP contribution < -0.4 is 27.2 Å². The summed E-state index contributed by atoms with van der Waals surface area (Å²) < 4.78 is 1.59. The summed E-state index contributed by atoms with van der Waals surface area (Å²) in [5.74, 6) is 0. The maximum atomic E-state index is 13.0. The molecule has 1 aliphatic rings. The van der Waals surface area contributed by atoms with E-state index < -0.39 is 0 Å². The van der Waals surface area contributed by atoms with E-state index in [0.29, 0.717) is 33.7 Å². The van der Waals surface area contributed by atoms with Crippen molar-refractivity contribution in [2.75, 3.05) is 17.2 Å². The molecule has 9 nitrogen and oxygen atoms in total. The zero-order valence-corrected chi connectivity index (χ0v) is 25.6. The molecule has 5 rings (SSSR count). The van der Waals surface area contributed by atoms with Crippen LogP contribution in [0.25, 0.3) is 21.7 Å². The van der Waals surface area contributed by atoms with Crippen molar-refractivity contribution in [2.24, 2.45) is 12.5 Å². The van der Waals surface area contributed by atoms with E-state index in [0.717, 1.165) is 34.1 Å². The highest BCUT2D eigenvalue weighted by atomic mass is 35.5. The second-order valence-electron chi connectivity index (χ2n) is 12.0. The molecule has 4 aromatic rings. The first-order chi connectivity index (χ1) is 20.0. The highest BCUT2D eigenvalue weighted by Crippen LogP contribution is 2.37. The molecule has 3 heterocycles. The van der Waals surface area contributed by atoms with Gasteiger partial charge in [-0.2, -0.15) is 5.26 Å². The number of hydrazine groups is 2. The average Bonchev–Trinajstić information content (AvgIpc) is 3.45. The molecule has 4 N–H and O–H groups in total. The molecule has 218 valence electrons. The number of nitriles is 1. The van der Waals surface area contributed by atoms with Gasteiger partial charge in [0.05, 0.1) is 33.5 Å². The fourth-order valence-electron chi connectivity index (χ4n) is 5.04. The minimum atomic E-state index is -0.367. The van der Waals surface area contributed by atoms with Crippen molar-refractivity contribution in [1.82, 2.24) is 25.5 Å². The number of benzene rings is 2. The van der Waals surface area contributed by atoms with Gasteiger partial charge in [0.15, 0.2) is 0 Å². The predicted molar refractivity (Wildman–Crippen MR) is 171 cm³/mol. The molecule has 0 aliphatic carbocycles. The zero-order chi connectivity index (χ0) is 30.2. The third-order valence-electron chi connectivity index (χ3n) is 7.60. The normalized spacial score (nSPS) is 14.8. The van der Waals surface area contributed by atoms with Crippen LogP contribution >= 0.6 is 11.6 Å². The molecule has 2 aromatic heterocycles. The van der Waals surface area contributed by atoms with Gasteiger partial charge >= 0.3 is 0 Å². The number of fused-ring (bicyclic) bond motifs is 2. The summed E-state index contributed by atoms with van der Waals surface area (Å²) >= 11 is 6.82. The van der Waals surface area contributed by atoms with Gasteiger partial charge in [-0.25, -0.2) is 0 Å². The minimum absolute atomic E-state index is 0.00634. The highest BCUT2D eigenvalue weighted by molar-refractivity contribution is 6.35. The first-order valence-electron chi connectivity index (χ1n) is 14.1. The molecule has 2 aromatic carbocycles. The van der Waals surface area contributed by atoms with Crippen LogP contribution in [0.1, 0.15) is 58.2 Å². The van der Waals surface area contributed by atoms with Gasteiger partial charge in [-0.15, -0.1) is 5.53 Å². The van der Waals surface area contributed by atoms with Gasteiger partial charge in [0, 0.05) is 54.7 Å². The molecule has 10 heteroatoms. The molecule has 0 saturated heterocycles. The van der Waals surface area contributed by atoms with E-state index in [2.05, 4.69) is 73.5 Å². The second kappa shape index (κ2) is 11.6. The van der Waals surface area contributed by atoms with Crippen LogP contribution in [0.3, 0.4) is 0 Å². The molecule has 0 radical (unpaired) electrons. The molecule has 0 bridgehead atoms. The maximum absolute atomic E-state index is 13.0. The Kier molecular flexibility index (Phi) is 8.04. The summed E-state index contributed by atoms with van der Waals surface area (Å²) in [5, 5.41) is 21.8. The molecule has 0 spiro atoms. The molecule has 42 heavy (non-hydrogen) atoms. The number of halogens is 1. The molecular weight excluding hydrogens is 548 g/mol. The number of aromatic nitrogens is 2. The summed E-state index contributed by atoms with van der Waals surface area (Å²) in [7, 11) is 1.76. The van der Waals surface area contributed by atoms with Crippen molar-refractivity contribution in [1.29, 1.82) is 5.26 Å². The topological polar surface area (TPSA) is 110 Å². The van der Waals surface area contributed by atoms with Crippen LogP contribution in [0, 0.1) is 16.7 Å². The third-order valence-corrected chi connectivity index (χ3v) is 7.89. The first-order valence-corrected chi connectivity index (χ1v) is 14.5. The van der Waals surface area contributed by atoms with Gasteiger partial charge in [-0.05, 0) is 54.0 Å². The Balaban J connectivity index is 1.66. The SMILES string of the molecule is CCC(C)N1C=C([C@@H](Nc2cc(Cl)c3ncc(C#N)c(NCC(C)(C)C)c3c2)c2cccc3c(=O)n(C)ccc23)NN1. The number of pyridine rings is 2. The fourth-order valence-corrected chi connectivity index (χ4v) is 5.31. The van der Waals surface area contributed by atoms with Crippen LogP contribution in [0.4, 0.5) is 11.4 Å². The fraction of sp³-hybridized carbons (Fsp3) is 0.344. The lowest BCUT2D eigenvalue weighted by Crippen LogP contribution is -2.42. The number of aryl methyl sites for hydroxylation is 1. The van der Waals surface area contributed by atoms with E-state index in [1.807, 2.05) is 41.4 Å². The van der Waals surface area contributed by atoms with E-state index in [1.54, 1.807) is 24.0 Å². The van der Waals surface area contributed by atoms with E-state index >= 15 is 0 Å². The number of hydrogen-bond donors (Lipinski definition) is 4. The summed E-state index contributed by atoms with van der Waals surface area (Å²) in [6.07, 6.45) is 6.37. The van der Waals surface area contributed by atoms with Crippen molar-refractivity contribution in [3.63, 3.8) is 0 Å². The van der Waals surface area contributed by atoms with E-state index in [1.165, 1.54) is 0 Å². The predicted octanol–water partition coefficient (Wildman–Crippen LogP) is 6.19. The van der Waals surface area contributed by atoms with Crippen molar-refractivity contribution in [2.45, 2.75) is 53.1 Å². The van der Waals surface area contributed by atoms with Crippen LogP contribution in [0.2, 0.25) is 5.02 Å². The quantitative estimate of drug-likeness (QED) is 0.194. The Morgan fingerprint density at radius 1 is 1.17 bits per heavy atom. The number of hydrogen-bond acceptors (Lipinski definition) is 8. The lowest BCUT2D eigenvalue weighted by molar-refractivity contribution is 0.203. The lowest BCUT2D eigenvalue weighted by atomic mass is 9.96. The number of rotatable bonds is 8. The molecular formula is C32H37ClN8O. The monoisotopic (exact) mass is 584 g/mol. The lowest BCUT2D eigenvalue weighted by Gasteiger charge is -2.24. The Hall–Kier alpha value is -4.26. The van der Waals surface area contributed by atoms with Crippen molar-refractivity contribution >= 4 is 44.7 Å². The van der Waals surface area contributed by atoms with Crippen molar-refractivity contribution in [3.8, 4) is 6.07 Å². The van der Waals surface area contributed by atoms with Crippen LogP contribution in [0.15, 0.2) is 65.5 Å². The van der Waals surface area contributed by atoms with Crippen LogP contribution in [-0.4, -0.2) is 27.1 Å². The van der Waals surface area contributed by atoms with Gasteiger partial charge < -0.3 is 20.6 Å². The number of nitrogens with zero attached hydrogens (tertiary/aromatic N) is 4. The summed E-state index contributed by atoms with van der Waals surface area (Å²) in [6.45, 7) is 11.4. The molecule has 0 amide bonds. The van der Waals surface area contributed by atoms with Gasteiger partial charge in [0.25, 0.3) is 5.56 Å². The number of nitrogens with one attached hydrogen (secondary N) is 4. The van der Waals surface area contributed by atoms with Crippen LogP contribution in [-0.2, 0) is 7.05 Å². The highest BCUT2D eigenvalue weighted by Gasteiger charge is 2.26. The third kappa shape index (κ3) is 5.73. The van der Waals surface area contributed by atoms with Gasteiger partial charge in [0.1, 0.15) is 6.07 Å². The van der Waals surface area contributed by atoms with Gasteiger partial charge in [-0.3, -0.25) is 14.8 Å². The van der Waals surface area contributed by atoms with Gasteiger partial charge in [-0.1, -0.05) is 51.4 Å². The molecule has 0 fully saturated rings. The minimum Gasteiger partial charge on any atom is -0.383 e. The largest absolute Gasteiger partial charge is 0.383 e. The van der Waals surface area contributed by atoms with Gasteiger partial charge in [0.2, 0.25) is 0 Å². The van der Waals surface area contributed by atoms with E-state index in [9.17, 15) is 10.1 Å². The van der Waals surface area contributed by atoms with Crippen LogP contribution in [0.5, 0.6) is 0 Å². The van der Waals surface area contributed by atoms with Crippen molar-refractivity contribution < 1.29 is 0 Å². The zero-order valence-electron chi connectivity index (χ0n) is 24.8. The summed E-state index contributed by atoms with van der Waals surface area (Å²) in [4.78, 5) is 17.5. The average molecular weight is 585 g/mol. The summed E-state index contributed by atoms with van der Waals surface area (Å²) in [6, 6.07) is 13.8. The molecule has 1 unspecified atom stereocenters. The Morgan fingerprint density at radius 2 is 1.95 bits per heavy atom. The smallest absolute Gasteiger partial charge is 0.258 e. The molecule has 2 atom stereocenters. The second-order valence-corrected chi connectivity index (χ2v) is 12.4. The van der Waals surface area contributed by atoms with Crippen molar-refractivity contribution in [3.05, 3.63) is 87.2 Å². The Bertz CT molecular complexity index is 1780. The Morgan fingerprint density at radius 3 is 2.67 bits per heavy atom. The first kappa shape index (κ1) is 29.2.